The van der Waals surface area contributed by atoms with Crippen molar-refractivity contribution in [2.45, 2.75) is 24.9 Å². The van der Waals surface area contributed by atoms with E-state index in [0.29, 0.717) is 18.8 Å². The molecule has 1 amide bonds. The van der Waals surface area contributed by atoms with E-state index in [1.807, 2.05) is 23.2 Å². The van der Waals surface area contributed by atoms with Gasteiger partial charge in [0.1, 0.15) is 5.69 Å². The van der Waals surface area contributed by atoms with Crippen molar-refractivity contribution in [3.8, 4) is 10.6 Å². The van der Waals surface area contributed by atoms with Crippen molar-refractivity contribution in [1.82, 2.24) is 19.9 Å². The maximum atomic E-state index is 12.6. The van der Waals surface area contributed by atoms with Gasteiger partial charge in [0.25, 0.3) is 5.91 Å². The summed E-state index contributed by atoms with van der Waals surface area (Å²) in [5, 5.41) is 0. The second kappa shape index (κ2) is 6.58. The number of aromatic amines is 1. The van der Waals surface area contributed by atoms with Gasteiger partial charge in [-0.15, -0.1) is 11.3 Å². The zero-order chi connectivity index (χ0) is 18.3. The number of amides is 1. The summed E-state index contributed by atoms with van der Waals surface area (Å²) in [5.41, 5.74) is 2.56. The third kappa shape index (κ3) is 2.87. The van der Waals surface area contributed by atoms with Gasteiger partial charge in [-0.3, -0.25) is 14.8 Å². The Morgan fingerprint density at radius 1 is 1.30 bits per heavy atom. The molecule has 3 aromatic heterocycles. The van der Waals surface area contributed by atoms with Crippen molar-refractivity contribution in [2.75, 3.05) is 19.7 Å². The van der Waals surface area contributed by atoms with Crippen LogP contribution in [0.2, 0.25) is 0 Å². The van der Waals surface area contributed by atoms with Gasteiger partial charge < -0.3 is 14.6 Å². The van der Waals surface area contributed by atoms with Crippen LogP contribution in [0.3, 0.4) is 0 Å². The smallest absolute Gasteiger partial charge is 0.270 e. The number of aromatic nitrogens is 3. The van der Waals surface area contributed by atoms with E-state index in [1.165, 1.54) is 10.4 Å². The zero-order valence-corrected chi connectivity index (χ0v) is 15.7. The predicted octanol–water partition coefficient (Wildman–Crippen LogP) is 3.24. The number of H-pyrrole nitrogens is 1. The Labute approximate surface area is 161 Å². The van der Waals surface area contributed by atoms with Crippen LogP contribution in [-0.4, -0.2) is 45.5 Å². The molecular formula is C20H20N4O2S. The van der Waals surface area contributed by atoms with Gasteiger partial charge in [-0.05, 0) is 36.6 Å². The molecule has 0 atom stereocenters. The summed E-state index contributed by atoms with van der Waals surface area (Å²) >= 11 is 1.79. The maximum Gasteiger partial charge on any atom is 0.270 e. The highest BCUT2D eigenvalue weighted by atomic mass is 32.1. The number of ether oxygens (including phenoxy) is 1. The van der Waals surface area contributed by atoms with Crippen LogP contribution in [0, 0.1) is 0 Å². The van der Waals surface area contributed by atoms with Crippen LogP contribution in [-0.2, 0) is 16.8 Å². The number of fused-ring (bicyclic) bond motifs is 2. The highest BCUT2D eigenvalue weighted by Gasteiger charge is 2.43. The first-order chi connectivity index (χ1) is 13.3. The van der Waals surface area contributed by atoms with Crippen LogP contribution in [0.15, 0.2) is 43.0 Å². The highest BCUT2D eigenvalue weighted by molar-refractivity contribution is 7.15. The Kier molecular flexibility index (Phi) is 4.06. The Morgan fingerprint density at radius 3 is 2.93 bits per heavy atom. The molecule has 1 saturated heterocycles. The normalized spacial score (nSPS) is 18.4. The van der Waals surface area contributed by atoms with Crippen LogP contribution in [0.4, 0.5) is 0 Å². The first-order valence-electron chi connectivity index (χ1n) is 9.21. The second-order valence-electron chi connectivity index (χ2n) is 7.01. The lowest BCUT2D eigenvalue weighted by molar-refractivity contribution is -0.0926. The Bertz CT molecular complexity index is 944. The van der Waals surface area contributed by atoms with E-state index in [4.69, 9.17) is 4.74 Å². The van der Waals surface area contributed by atoms with E-state index in [0.717, 1.165) is 36.4 Å². The summed E-state index contributed by atoms with van der Waals surface area (Å²) in [7, 11) is 0. The topological polar surface area (TPSA) is 71.1 Å². The fraction of sp³-hybridized carbons (Fsp3) is 0.350. The third-order valence-electron chi connectivity index (χ3n) is 5.51. The van der Waals surface area contributed by atoms with E-state index in [1.54, 1.807) is 29.9 Å². The average Bonchev–Trinajstić information content (AvgIpc) is 3.40. The SMILES string of the molecule is O=C(c1ccc[nH]1)N1CCC2(CC1)OCCc1sc(-c3cnccn3)cc12. The molecule has 7 heteroatoms. The highest BCUT2D eigenvalue weighted by Crippen LogP contribution is 2.46. The molecule has 3 aromatic rings. The molecule has 0 bridgehead atoms. The number of piperidine rings is 1. The quantitative estimate of drug-likeness (QED) is 0.741. The summed E-state index contributed by atoms with van der Waals surface area (Å²) in [5.74, 6) is 0.0662. The Morgan fingerprint density at radius 2 is 2.19 bits per heavy atom. The van der Waals surface area contributed by atoms with Gasteiger partial charge in [0, 0.05) is 43.0 Å². The van der Waals surface area contributed by atoms with Crippen molar-refractivity contribution < 1.29 is 9.53 Å². The van der Waals surface area contributed by atoms with E-state index in [-0.39, 0.29) is 11.5 Å². The molecule has 2 aliphatic heterocycles. The molecule has 0 radical (unpaired) electrons. The molecule has 1 spiro atoms. The van der Waals surface area contributed by atoms with E-state index < -0.39 is 0 Å². The molecule has 0 aliphatic carbocycles. The summed E-state index contributed by atoms with van der Waals surface area (Å²) in [6.07, 6.45) is 9.60. The summed E-state index contributed by atoms with van der Waals surface area (Å²) < 4.78 is 6.33. The van der Waals surface area contributed by atoms with Crippen LogP contribution in [0.5, 0.6) is 0 Å². The molecule has 138 valence electrons. The first kappa shape index (κ1) is 16.6. The van der Waals surface area contributed by atoms with E-state index in [2.05, 4.69) is 21.0 Å². The van der Waals surface area contributed by atoms with E-state index >= 15 is 0 Å². The first-order valence-corrected chi connectivity index (χ1v) is 10.0. The van der Waals surface area contributed by atoms with Crippen molar-refractivity contribution in [2.24, 2.45) is 0 Å². The van der Waals surface area contributed by atoms with Crippen LogP contribution < -0.4 is 0 Å². The number of hydrogen-bond donors (Lipinski definition) is 1. The Hall–Kier alpha value is -2.51. The lowest BCUT2D eigenvalue weighted by Crippen LogP contribution is -2.48. The van der Waals surface area contributed by atoms with Gasteiger partial charge >= 0.3 is 0 Å². The number of thiophene rings is 1. The minimum absolute atomic E-state index is 0.0662. The van der Waals surface area contributed by atoms with Gasteiger partial charge in [0.05, 0.1) is 29.0 Å². The monoisotopic (exact) mass is 380 g/mol. The van der Waals surface area contributed by atoms with Crippen molar-refractivity contribution in [3.05, 3.63) is 59.1 Å². The number of nitrogens with zero attached hydrogens (tertiary/aromatic N) is 3. The Balaban J connectivity index is 1.40. The van der Waals surface area contributed by atoms with Crippen molar-refractivity contribution >= 4 is 17.2 Å². The standard InChI is InChI=1S/C20H20N4O2S/c25-19(15-2-1-6-22-15)24-9-4-20(5-10-24)14-12-18(16-13-21-7-8-23-16)27-17(14)3-11-26-20/h1-2,6-8,12-13,22H,3-5,9-11H2. The van der Waals surface area contributed by atoms with Crippen LogP contribution in [0.1, 0.15) is 33.8 Å². The second-order valence-corrected chi connectivity index (χ2v) is 8.14. The molecule has 0 saturated carbocycles. The third-order valence-corrected chi connectivity index (χ3v) is 6.73. The molecule has 0 aromatic carbocycles. The molecule has 27 heavy (non-hydrogen) atoms. The number of nitrogens with one attached hydrogen (secondary N) is 1. The lowest BCUT2D eigenvalue weighted by Gasteiger charge is -2.44. The van der Waals surface area contributed by atoms with Gasteiger partial charge in [-0.1, -0.05) is 0 Å². The summed E-state index contributed by atoms with van der Waals surface area (Å²) in [6, 6.07) is 5.91. The number of carbonyl (C=O) groups excluding carboxylic acids is 1. The fourth-order valence-electron chi connectivity index (χ4n) is 4.09. The predicted molar refractivity (Wildman–Crippen MR) is 103 cm³/mol. The number of rotatable bonds is 2. The van der Waals surface area contributed by atoms with Gasteiger partial charge in [-0.2, -0.15) is 0 Å². The van der Waals surface area contributed by atoms with E-state index in [9.17, 15) is 4.79 Å². The number of hydrogen-bond acceptors (Lipinski definition) is 5. The van der Waals surface area contributed by atoms with Crippen LogP contribution >= 0.6 is 11.3 Å². The number of carbonyl (C=O) groups is 1. The lowest BCUT2D eigenvalue weighted by atomic mass is 9.82. The average molecular weight is 380 g/mol. The molecular weight excluding hydrogens is 360 g/mol. The zero-order valence-electron chi connectivity index (χ0n) is 14.9. The molecule has 6 nitrogen and oxygen atoms in total. The minimum atomic E-state index is -0.281. The summed E-state index contributed by atoms with van der Waals surface area (Å²) in [6.45, 7) is 2.14. The molecule has 1 fully saturated rings. The van der Waals surface area contributed by atoms with Gasteiger partial charge in [0.2, 0.25) is 0 Å². The maximum absolute atomic E-state index is 12.6. The van der Waals surface area contributed by atoms with Gasteiger partial charge in [0.15, 0.2) is 0 Å². The summed E-state index contributed by atoms with van der Waals surface area (Å²) in [4.78, 5) is 28.7. The molecule has 1 N–H and O–H groups in total. The molecule has 5 heterocycles. The van der Waals surface area contributed by atoms with Crippen LogP contribution in [0.25, 0.3) is 10.6 Å². The molecule has 5 rings (SSSR count). The molecule has 2 aliphatic rings. The van der Waals surface area contributed by atoms with Crippen molar-refractivity contribution in [3.63, 3.8) is 0 Å². The number of likely N-dealkylation sites (tertiary alicyclic amines) is 1. The van der Waals surface area contributed by atoms with Gasteiger partial charge in [-0.25, -0.2) is 0 Å². The molecule has 0 unspecified atom stereocenters. The largest absolute Gasteiger partial charge is 0.370 e. The minimum Gasteiger partial charge on any atom is -0.370 e. The fourth-order valence-corrected chi connectivity index (χ4v) is 5.28. The van der Waals surface area contributed by atoms with Crippen molar-refractivity contribution in [1.29, 1.82) is 0 Å².